The summed E-state index contributed by atoms with van der Waals surface area (Å²) in [7, 11) is 0. The van der Waals surface area contributed by atoms with Crippen LogP contribution >= 0.6 is 0 Å². The van der Waals surface area contributed by atoms with Gasteiger partial charge in [0.15, 0.2) is 0 Å². The molecule has 0 saturated heterocycles. The number of aliphatic carboxylic acids is 2. The molecule has 1 aromatic heterocycles. The van der Waals surface area contributed by atoms with Crippen molar-refractivity contribution in [1.82, 2.24) is 15.3 Å². The van der Waals surface area contributed by atoms with Gasteiger partial charge in [0.25, 0.3) is 11.5 Å². The number of nitrogens with two attached hydrogens (primary N) is 1. The van der Waals surface area contributed by atoms with Crippen molar-refractivity contribution in [2.24, 2.45) is 0 Å². The summed E-state index contributed by atoms with van der Waals surface area (Å²) in [6.45, 7) is 1.62. The minimum absolute atomic E-state index is 0.00129. The first-order valence-corrected chi connectivity index (χ1v) is 9.57. The van der Waals surface area contributed by atoms with Crippen molar-refractivity contribution in [1.29, 1.82) is 0 Å². The average molecular weight is 445 g/mol. The predicted molar refractivity (Wildman–Crippen MR) is 113 cm³/mol. The van der Waals surface area contributed by atoms with Crippen molar-refractivity contribution >= 4 is 35.4 Å². The standard InChI is InChI=1S/C20H23N5O7/c1-10-13(18(30)25-20(21)22-10)6-8-15(26)23-12-4-2-11(3-5-12)17(29)24-14(19(31)32)7-9-16(27)28/h2-5,14H,6-9H2,1H3,(H,23,26)(H,24,29)(H,27,28)(H,31,32)(H3,21,22,25,30). The Hall–Kier alpha value is -4.22. The number of anilines is 2. The van der Waals surface area contributed by atoms with Gasteiger partial charge in [0.05, 0.1) is 0 Å². The van der Waals surface area contributed by atoms with E-state index in [1.54, 1.807) is 6.92 Å². The van der Waals surface area contributed by atoms with Gasteiger partial charge in [-0.1, -0.05) is 0 Å². The molecule has 0 aliphatic heterocycles. The van der Waals surface area contributed by atoms with Crippen molar-refractivity contribution in [3.8, 4) is 0 Å². The molecule has 1 atom stereocenters. The fourth-order valence-electron chi connectivity index (χ4n) is 2.86. The largest absolute Gasteiger partial charge is 0.481 e. The quantitative estimate of drug-likeness (QED) is 0.296. The number of hydrogen-bond acceptors (Lipinski definition) is 7. The van der Waals surface area contributed by atoms with E-state index in [-0.39, 0.29) is 36.7 Å². The number of hydrogen-bond donors (Lipinski definition) is 6. The fourth-order valence-corrected chi connectivity index (χ4v) is 2.86. The number of H-pyrrole nitrogens is 1. The van der Waals surface area contributed by atoms with Crippen LogP contribution in [0.1, 0.15) is 40.9 Å². The van der Waals surface area contributed by atoms with Gasteiger partial charge < -0.3 is 26.6 Å². The van der Waals surface area contributed by atoms with Crippen molar-refractivity contribution in [2.75, 3.05) is 11.1 Å². The van der Waals surface area contributed by atoms with E-state index in [9.17, 15) is 24.0 Å². The molecule has 1 aromatic carbocycles. The highest BCUT2D eigenvalue weighted by Gasteiger charge is 2.21. The summed E-state index contributed by atoms with van der Waals surface area (Å²) in [5, 5.41) is 22.7. The van der Waals surface area contributed by atoms with Crippen LogP contribution in [0.15, 0.2) is 29.1 Å². The molecular weight excluding hydrogens is 422 g/mol. The van der Waals surface area contributed by atoms with E-state index in [2.05, 4.69) is 20.6 Å². The second kappa shape index (κ2) is 10.7. The molecule has 1 heterocycles. The van der Waals surface area contributed by atoms with Crippen LogP contribution in [0.25, 0.3) is 0 Å². The van der Waals surface area contributed by atoms with E-state index >= 15 is 0 Å². The number of aryl methyl sites for hydroxylation is 1. The Kier molecular flexibility index (Phi) is 8.04. The van der Waals surface area contributed by atoms with Crippen molar-refractivity contribution in [3.05, 3.63) is 51.4 Å². The Morgan fingerprint density at radius 2 is 1.78 bits per heavy atom. The lowest BCUT2D eigenvalue weighted by Gasteiger charge is -2.14. The molecule has 0 saturated carbocycles. The van der Waals surface area contributed by atoms with Gasteiger partial charge in [-0.25, -0.2) is 9.78 Å². The number of benzene rings is 1. The summed E-state index contributed by atoms with van der Waals surface area (Å²) in [5.41, 5.74) is 6.40. The number of aromatic amines is 1. The average Bonchev–Trinajstić information content (AvgIpc) is 2.70. The Morgan fingerprint density at radius 1 is 1.12 bits per heavy atom. The number of nitrogens with zero attached hydrogens (tertiary/aromatic N) is 1. The molecule has 2 aromatic rings. The Balaban J connectivity index is 1.93. The maximum Gasteiger partial charge on any atom is 0.326 e. The zero-order valence-electron chi connectivity index (χ0n) is 17.2. The van der Waals surface area contributed by atoms with Gasteiger partial charge in [-0.2, -0.15) is 0 Å². The molecule has 0 radical (unpaired) electrons. The molecule has 2 rings (SSSR count). The highest BCUT2D eigenvalue weighted by Crippen LogP contribution is 2.12. The lowest BCUT2D eigenvalue weighted by Crippen LogP contribution is -2.41. The van der Waals surface area contributed by atoms with Crippen LogP contribution in [0.5, 0.6) is 0 Å². The number of carbonyl (C=O) groups is 4. The highest BCUT2D eigenvalue weighted by atomic mass is 16.4. The lowest BCUT2D eigenvalue weighted by atomic mass is 10.1. The lowest BCUT2D eigenvalue weighted by molar-refractivity contribution is -0.140. The van der Waals surface area contributed by atoms with E-state index in [4.69, 9.17) is 15.9 Å². The van der Waals surface area contributed by atoms with Gasteiger partial charge in [-0.15, -0.1) is 0 Å². The number of carboxylic acid groups (broad SMARTS) is 2. The smallest absolute Gasteiger partial charge is 0.326 e. The summed E-state index contributed by atoms with van der Waals surface area (Å²) in [6.07, 6.45) is -0.480. The molecule has 7 N–H and O–H groups in total. The Morgan fingerprint density at radius 3 is 2.34 bits per heavy atom. The third-order valence-corrected chi connectivity index (χ3v) is 4.52. The van der Waals surface area contributed by atoms with E-state index in [0.29, 0.717) is 16.9 Å². The molecule has 12 heteroatoms. The topological polar surface area (TPSA) is 205 Å². The SMILES string of the molecule is Cc1nc(N)[nH]c(=O)c1CCC(=O)Nc1ccc(C(=O)NC(CCC(=O)O)C(=O)O)cc1. The van der Waals surface area contributed by atoms with Gasteiger partial charge in [-0.3, -0.25) is 24.2 Å². The second-order valence-electron chi connectivity index (χ2n) is 6.94. The molecule has 12 nitrogen and oxygen atoms in total. The van der Waals surface area contributed by atoms with Crippen LogP contribution in [-0.2, 0) is 20.8 Å². The third-order valence-electron chi connectivity index (χ3n) is 4.52. The molecule has 170 valence electrons. The number of nitrogen functional groups attached to an aromatic ring is 1. The van der Waals surface area contributed by atoms with E-state index in [0.717, 1.165) is 0 Å². The van der Waals surface area contributed by atoms with E-state index in [1.807, 2.05) is 0 Å². The van der Waals surface area contributed by atoms with Crippen molar-refractivity contribution < 1.29 is 29.4 Å². The normalized spacial score (nSPS) is 11.4. The first kappa shape index (κ1) is 24.1. The number of carbonyl (C=O) groups excluding carboxylic acids is 2. The molecule has 1 unspecified atom stereocenters. The van der Waals surface area contributed by atoms with Gasteiger partial charge in [0.2, 0.25) is 11.9 Å². The van der Waals surface area contributed by atoms with E-state index < -0.39 is 35.9 Å². The summed E-state index contributed by atoms with van der Waals surface area (Å²) in [6, 6.07) is 4.36. The first-order chi connectivity index (χ1) is 15.1. The fraction of sp³-hybridized carbons (Fsp3) is 0.300. The number of amides is 2. The van der Waals surface area contributed by atoms with Crippen LogP contribution in [0, 0.1) is 6.92 Å². The number of rotatable bonds is 10. The molecule has 0 bridgehead atoms. The molecular formula is C20H23N5O7. The highest BCUT2D eigenvalue weighted by molar-refractivity contribution is 5.97. The van der Waals surface area contributed by atoms with Crippen LogP contribution in [-0.4, -0.2) is 50.0 Å². The maximum atomic E-state index is 12.2. The molecule has 32 heavy (non-hydrogen) atoms. The maximum absolute atomic E-state index is 12.2. The molecule has 0 fully saturated rings. The zero-order valence-corrected chi connectivity index (χ0v) is 17.2. The Labute approximate surface area is 181 Å². The molecule has 0 aliphatic rings. The number of aromatic nitrogens is 2. The monoisotopic (exact) mass is 445 g/mol. The third kappa shape index (κ3) is 6.93. The first-order valence-electron chi connectivity index (χ1n) is 9.57. The van der Waals surface area contributed by atoms with Crippen molar-refractivity contribution in [3.63, 3.8) is 0 Å². The summed E-state index contributed by atoms with van der Waals surface area (Å²) < 4.78 is 0. The zero-order chi connectivity index (χ0) is 23.8. The van der Waals surface area contributed by atoms with Gasteiger partial charge in [-0.05, 0) is 44.0 Å². The molecule has 2 amide bonds. The summed E-state index contributed by atoms with van der Waals surface area (Å²) in [4.78, 5) is 64.5. The van der Waals surface area contributed by atoms with E-state index in [1.165, 1.54) is 24.3 Å². The molecule has 0 spiro atoms. The van der Waals surface area contributed by atoms with Crippen molar-refractivity contribution in [2.45, 2.75) is 38.6 Å². The summed E-state index contributed by atoms with van der Waals surface area (Å²) in [5.74, 6) is -3.56. The van der Waals surface area contributed by atoms with Gasteiger partial charge >= 0.3 is 11.9 Å². The minimum atomic E-state index is -1.34. The van der Waals surface area contributed by atoms with Crippen LogP contribution in [0.3, 0.4) is 0 Å². The van der Waals surface area contributed by atoms with Crippen LogP contribution in [0.4, 0.5) is 11.6 Å². The van der Waals surface area contributed by atoms with Crippen LogP contribution in [0.2, 0.25) is 0 Å². The minimum Gasteiger partial charge on any atom is -0.481 e. The van der Waals surface area contributed by atoms with Crippen LogP contribution < -0.4 is 21.9 Å². The number of nitrogens with one attached hydrogen (secondary N) is 3. The summed E-state index contributed by atoms with van der Waals surface area (Å²) >= 11 is 0. The van der Waals surface area contributed by atoms with Gasteiger partial charge in [0, 0.05) is 35.3 Å². The second-order valence-corrected chi connectivity index (χ2v) is 6.94. The van der Waals surface area contributed by atoms with Gasteiger partial charge in [0.1, 0.15) is 6.04 Å². The number of carboxylic acids is 2. The predicted octanol–water partition coefficient (Wildman–Crippen LogP) is 0.280. The molecule has 0 aliphatic carbocycles. The Bertz CT molecular complexity index is 1080.